The lowest BCUT2D eigenvalue weighted by molar-refractivity contribution is -0.131. The van der Waals surface area contributed by atoms with Crippen LogP contribution >= 0.6 is 11.8 Å². The van der Waals surface area contributed by atoms with E-state index in [1.165, 1.54) is 0 Å². The van der Waals surface area contributed by atoms with Gasteiger partial charge < -0.3 is 4.90 Å². The van der Waals surface area contributed by atoms with E-state index in [-0.39, 0.29) is 0 Å². The number of nitrogens with zero attached hydrogens (tertiary/aromatic N) is 2. The number of carbonyl (C=O) groups excluding carboxylic acids is 1. The van der Waals surface area contributed by atoms with Gasteiger partial charge in [-0.05, 0) is 13.8 Å². The molecular weight excluding hydrogens is 196 g/mol. The number of amides is 1. The zero-order valence-electron chi connectivity index (χ0n) is 8.90. The summed E-state index contributed by atoms with van der Waals surface area (Å²) in [7, 11) is 0. The van der Waals surface area contributed by atoms with Crippen LogP contribution in [0.15, 0.2) is 0 Å². The van der Waals surface area contributed by atoms with E-state index in [9.17, 15) is 4.79 Å². The SMILES string of the molecule is CC(C)N1CCN(C(=O)C2CS2)CC1. The van der Waals surface area contributed by atoms with Crippen LogP contribution in [0.2, 0.25) is 0 Å². The average molecular weight is 214 g/mol. The Balaban J connectivity index is 1.80. The predicted octanol–water partition coefficient (Wildman–Crippen LogP) is 0.654. The molecule has 0 spiro atoms. The van der Waals surface area contributed by atoms with Gasteiger partial charge in [0.2, 0.25) is 5.91 Å². The van der Waals surface area contributed by atoms with E-state index < -0.39 is 0 Å². The zero-order valence-corrected chi connectivity index (χ0v) is 9.72. The van der Waals surface area contributed by atoms with E-state index in [4.69, 9.17) is 0 Å². The Morgan fingerprint density at radius 2 is 1.86 bits per heavy atom. The summed E-state index contributed by atoms with van der Waals surface area (Å²) in [4.78, 5) is 16.2. The molecule has 0 aromatic rings. The van der Waals surface area contributed by atoms with E-state index >= 15 is 0 Å². The first-order chi connectivity index (χ1) is 6.68. The molecule has 2 rings (SSSR count). The molecule has 0 bridgehead atoms. The highest BCUT2D eigenvalue weighted by Gasteiger charge is 2.35. The number of carbonyl (C=O) groups is 1. The van der Waals surface area contributed by atoms with Crippen molar-refractivity contribution in [1.82, 2.24) is 9.80 Å². The molecule has 0 aliphatic carbocycles. The molecule has 2 fully saturated rings. The summed E-state index contributed by atoms with van der Waals surface area (Å²) in [6, 6.07) is 0.613. The maximum Gasteiger partial charge on any atom is 0.236 e. The van der Waals surface area contributed by atoms with Gasteiger partial charge in [-0.25, -0.2) is 0 Å². The van der Waals surface area contributed by atoms with Crippen LogP contribution in [-0.2, 0) is 4.79 Å². The highest BCUT2D eigenvalue weighted by molar-refractivity contribution is 8.07. The summed E-state index contributed by atoms with van der Waals surface area (Å²) < 4.78 is 0. The normalized spacial score (nSPS) is 28.2. The molecule has 0 radical (unpaired) electrons. The van der Waals surface area contributed by atoms with Crippen molar-refractivity contribution in [2.75, 3.05) is 31.9 Å². The summed E-state index contributed by atoms with van der Waals surface area (Å²) in [6.07, 6.45) is 0. The first-order valence-electron chi connectivity index (χ1n) is 5.33. The number of rotatable bonds is 2. The quantitative estimate of drug-likeness (QED) is 0.631. The second kappa shape index (κ2) is 4.11. The van der Waals surface area contributed by atoms with Crippen LogP contribution in [0.5, 0.6) is 0 Å². The van der Waals surface area contributed by atoms with Crippen LogP contribution < -0.4 is 0 Å². The Labute approximate surface area is 89.8 Å². The van der Waals surface area contributed by atoms with Gasteiger partial charge in [-0.15, -0.1) is 11.8 Å². The third-order valence-corrected chi connectivity index (χ3v) is 3.83. The lowest BCUT2D eigenvalue weighted by atomic mass is 10.2. The van der Waals surface area contributed by atoms with Crippen molar-refractivity contribution in [2.24, 2.45) is 0 Å². The van der Waals surface area contributed by atoms with E-state index in [1.54, 1.807) is 11.8 Å². The molecule has 2 saturated heterocycles. The second-order valence-corrected chi connectivity index (χ2v) is 5.51. The molecule has 4 heteroatoms. The summed E-state index contributed by atoms with van der Waals surface area (Å²) >= 11 is 1.77. The second-order valence-electron chi connectivity index (χ2n) is 4.28. The summed E-state index contributed by atoms with van der Waals surface area (Å²) in [5, 5.41) is 0.306. The van der Waals surface area contributed by atoms with Gasteiger partial charge >= 0.3 is 0 Å². The molecular formula is C10H18N2OS. The number of thioether (sulfide) groups is 1. The molecule has 14 heavy (non-hydrogen) atoms. The van der Waals surface area contributed by atoms with E-state index in [2.05, 4.69) is 18.7 Å². The minimum Gasteiger partial charge on any atom is -0.339 e. The molecule has 1 amide bonds. The fourth-order valence-electron chi connectivity index (χ4n) is 1.85. The molecule has 3 nitrogen and oxygen atoms in total. The van der Waals surface area contributed by atoms with Crippen LogP contribution in [-0.4, -0.2) is 58.9 Å². The van der Waals surface area contributed by atoms with Crippen molar-refractivity contribution < 1.29 is 4.79 Å². The van der Waals surface area contributed by atoms with Crippen molar-refractivity contribution >= 4 is 17.7 Å². The van der Waals surface area contributed by atoms with Gasteiger partial charge in [0.1, 0.15) is 0 Å². The van der Waals surface area contributed by atoms with E-state index in [1.807, 2.05) is 4.90 Å². The third-order valence-electron chi connectivity index (χ3n) is 2.97. The van der Waals surface area contributed by atoms with Gasteiger partial charge in [-0.2, -0.15) is 0 Å². The van der Waals surface area contributed by atoms with Gasteiger partial charge in [0, 0.05) is 38.0 Å². The molecule has 2 heterocycles. The molecule has 0 aromatic heterocycles. The van der Waals surface area contributed by atoms with Crippen molar-refractivity contribution in [2.45, 2.75) is 25.1 Å². The molecule has 0 saturated carbocycles. The van der Waals surface area contributed by atoms with Crippen LogP contribution in [0, 0.1) is 0 Å². The number of hydrogen-bond donors (Lipinski definition) is 0. The summed E-state index contributed by atoms with van der Waals surface area (Å²) in [6.45, 7) is 8.37. The van der Waals surface area contributed by atoms with Crippen molar-refractivity contribution in [1.29, 1.82) is 0 Å². The minimum atomic E-state index is 0.306. The van der Waals surface area contributed by atoms with Crippen LogP contribution in [0.25, 0.3) is 0 Å². The topological polar surface area (TPSA) is 23.6 Å². The van der Waals surface area contributed by atoms with Gasteiger partial charge in [-0.1, -0.05) is 0 Å². The first-order valence-corrected chi connectivity index (χ1v) is 6.38. The molecule has 0 aromatic carbocycles. The standard InChI is InChI=1S/C10H18N2OS/c1-8(2)11-3-5-12(6-4-11)10(13)9-7-14-9/h8-9H,3-7H2,1-2H3. The third kappa shape index (κ3) is 2.23. The number of hydrogen-bond acceptors (Lipinski definition) is 3. The smallest absolute Gasteiger partial charge is 0.236 e. The Kier molecular flexibility index (Phi) is 3.02. The molecule has 1 atom stereocenters. The Bertz CT molecular complexity index is 220. The molecule has 80 valence electrons. The number of piperazine rings is 1. The fraction of sp³-hybridized carbons (Fsp3) is 0.900. The van der Waals surface area contributed by atoms with E-state index in [0.29, 0.717) is 17.2 Å². The van der Waals surface area contributed by atoms with Gasteiger partial charge in [0.05, 0.1) is 5.25 Å². The van der Waals surface area contributed by atoms with Crippen molar-refractivity contribution in [3.05, 3.63) is 0 Å². The Hall–Kier alpha value is -0.220. The summed E-state index contributed by atoms with van der Waals surface area (Å²) in [5.74, 6) is 1.42. The molecule has 2 aliphatic heterocycles. The average Bonchev–Trinajstić information content (AvgIpc) is 3.00. The lowest BCUT2D eigenvalue weighted by Gasteiger charge is -2.36. The van der Waals surface area contributed by atoms with Crippen LogP contribution in [0.1, 0.15) is 13.8 Å². The Morgan fingerprint density at radius 1 is 1.29 bits per heavy atom. The maximum atomic E-state index is 11.7. The van der Waals surface area contributed by atoms with Gasteiger partial charge in [0.15, 0.2) is 0 Å². The first kappa shape index (κ1) is 10.3. The van der Waals surface area contributed by atoms with Crippen LogP contribution in [0.4, 0.5) is 0 Å². The van der Waals surface area contributed by atoms with E-state index in [0.717, 1.165) is 31.9 Å². The largest absolute Gasteiger partial charge is 0.339 e. The fourth-order valence-corrected chi connectivity index (χ4v) is 2.38. The van der Waals surface area contributed by atoms with Crippen molar-refractivity contribution in [3.63, 3.8) is 0 Å². The Morgan fingerprint density at radius 3 is 2.29 bits per heavy atom. The lowest BCUT2D eigenvalue weighted by Crippen LogP contribution is -2.51. The highest BCUT2D eigenvalue weighted by Crippen LogP contribution is 2.31. The highest BCUT2D eigenvalue weighted by atomic mass is 32.2. The minimum absolute atomic E-state index is 0.306. The summed E-state index contributed by atoms with van der Waals surface area (Å²) in [5.41, 5.74) is 0. The van der Waals surface area contributed by atoms with Crippen molar-refractivity contribution in [3.8, 4) is 0 Å². The molecule has 1 unspecified atom stereocenters. The predicted molar refractivity (Wildman–Crippen MR) is 59.5 cm³/mol. The van der Waals surface area contributed by atoms with Crippen LogP contribution in [0.3, 0.4) is 0 Å². The molecule has 2 aliphatic rings. The van der Waals surface area contributed by atoms with Gasteiger partial charge in [-0.3, -0.25) is 9.69 Å². The monoisotopic (exact) mass is 214 g/mol. The van der Waals surface area contributed by atoms with Gasteiger partial charge in [0.25, 0.3) is 0 Å². The molecule has 0 N–H and O–H groups in total. The maximum absolute atomic E-state index is 11.7. The zero-order chi connectivity index (χ0) is 10.1.